The molecule has 188 valence electrons. The number of imidazole rings is 1. The normalized spacial score (nSPS) is 16.0. The zero-order valence-electron chi connectivity index (χ0n) is 19.7. The highest BCUT2D eigenvalue weighted by Crippen LogP contribution is 2.26. The minimum absolute atomic E-state index is 0.102. The second-order valence-electron chi connectivity index (χ2n) is 8.48. The molecule has 11 nitrogen and oxygen atoms in total. The highest BCUT2D eigenvalue weighted by Gasteiger charge is 2.33. The summed E-state index contributed by atoms with van der Waals surface area (Å²) in [6, 6.07) is 10.3. The Morgan fingerprint density at radius 2 is 2.00 bits per heavy atom. The average Bonchev–Trinajstić information content (AvgIpc) is 3.53. The van der Waals surface area contributed by atoms with Gasteiger partial charge in [-0.15, -0.1) is 0 Å². The van der Waals surface area contributed by atoms with Crippen LogP contribution in [0.2, 0.25) is 0 Å². The second-order valence-corrected chi connectivity index (χ2v) is 8.48. The number of nitrogens with zero attached hydrogens (tertiary/aromatic N) is 5. The SMILES string of the molecule is CC(=O)NC[C@H]1CN(c2ccc(-n3cnc(C(N)C(=O)c4cnc5ccccc5n4)c3)c(F)c2)C(=O)O1. The van der Waals surface area contributed by atoms with Gasteiger partial charge in [0.2, 0.25) is 11.7 Å². The maximum atomic E-state index is 15.0. The fourth-order valence-corrected chi connectivity index (χ4v) is 3.97. The van der Waals surface area contributed by atoms with Crippen molar-refractivity contribution in [2.45, 2.75) is 19.1 Å². The van der Waals surface area contributed by atoms with Crippen LogP contribution in [0.25, 0.3) is 16.7 Å². The number of amides is 2. The predicted octanol–water partition coefficient (Wildman–Crippen LogP) is 2.30. The summed E-state index contributed by atoms with van der Waals surface area (Å²) in [5.41, 5.74) is 8.16. The molecule has 2 aromatic heterocycles. The van der Waals surface area contributed by atoms with Crippen molar-refractivity contribution in [3.8, 4) is 5.69 Å². The topological polar surface area (TPSA) is 145 Å². The number of nitrogens with two attached hydrogens (primary N) is 1. The molecule has 0 saturated carbocycles. The minimum atomic E-state index is -1.13. The molecule has 0 aliphatic carbocycles. The third kappa shape index (κ3) is 4.86. The molecule has 1 unspecified atom stereocenters. The average molecular weight is 503 g/mol. The summed E-state index contributed by atoms with van der Waals surface area (Å²) in [4.78, 5) is 50.3. The van der Waals surface area contributed by atoms with Crippen molar-refractivity contribution in [1.82, 2.24) is 24.8 Å². The lowest BCUT2D eigenvalue weighted by Crippen LogP contribution is -2.33. The third-order valence-electron chi connectivity index (χ3n) is 5.88. The van der Waals surface area contributed by atoms with E-state index in [0.29, 0.717) is 16.7 Å². The highest BCUT2D eigenvalue weighted by atomic mass is 19.1. The van der Waals surface area contributed by atoms with E-state index in [-0.39, 0.29) is 36.1 Å². The minimum Gasteiger partial charge on any atom is -0.442 e. The van der Waals surface area contributed by atoms with E-state index in [4.69, 9.17) is 10.5 Å². The summed E-state index contributed by atoms with van der Waals surface area (Å²) in [5, 5.41) is 2.59. The number of cyclic esters (lactones) is 1. The van der Waals surface area contributed by atoms with Gasteiger partial charge < -0.3 is 20.4 Å². The first kappa shape index (κ1) is 24.0. The number of para-hydroxylation sites is 2. The molecule has 0 spiro atoms. The van der Waals surface area contributed by atoms with E-state index in [1.807, 2.05) is 6.07 Å². The maximum Gasteiger partial charge on any atom is 0.414 e. The van der Waals surface area contributed by atoms with Crippen molar-refractivity contribution < 1.29 is 23.5 Å². The Labute approximate surface area is 210 Å². The van der Waals surface area contributed by atoms with Crippen LogP contribution in [0.15, 0.2) is 61.2 Å². The number of rotatable bonds is 7. The van der Waals surface area contributed by atoms with Gasteiger partial charge in [-0.25, -0.2) is 19.2 Å². The lowest BCUT2D eigenvalue weighted by Gasteiger charge is -2.14. The van der Waals surface area contributed by atoms with E-state index in [1.54, 1.807) is 24.3 Å². The van der Waals surface area contributed by atoms with E-state index in [0.717, 1.165) is 0 Å². The third-order valence-corrected chi connectivity index (χ3v) is 5.88. The number of ketones is 1. The molecule has 1 saturated heterocycles. The number of nitrogens with one attached hydrogen (secondary N) is 1. The van der Waals surface area contributed by atoms with Crippen molar-refractivity contribution in [2.75, 3.05) is 18.0 Å². The fourth-order valence-electron chi connectivity index (χ4n) is 3.97. The van der Waals surface area contributed by atoms with Gasteiger partial charge in [-0.05, 0) is 30.3 Å². The monoisotopic (exact) mass is 503 g/mol. The number of ether oxygens (including phenoxy) is 1. The first-order valence-corrected chi connectivity index (χ1v) is 11.4. The van der Waals surface area contributed by atoms with Crippen LogP contribution < -0.4 is 16.0 Å². The van der Waals surface area contributed by atoms with Crippen molar-refractivity contribution >= 4 is 34.5 Å². The van der Waals surface area contributed by atoms with Gasteiger partial charge in [0.15, 0.2) is 0 Å². The molecule has 0 bridgehead atoms. The standard InChI is InChI=1S/C25H22FN7O4/c1-14(34)28-9-16-11-33(25(36)37-16)15-6-7-22(17(26)8-15)32-12-21(30-13-32)23(27)24(35)20-10-29-18-4-2-3-5-19(18)31-20/h2-8,10,12-13,16,23H,9,11,27H2,1H3,(H,28,34)/t16-,23?/m0/s1. The number of halogens is 1. The zero-order valence-corrected chi connectivity index (χ0v) is 19.7. The Morgan fingerprint density at radius 1 is 1.22 bits per heavy atom. The van der Waals surface area contributed by atoms with Gasteiger partial charge in [0, 0.05) is 13.1 Å². The molecule has 12 heteroatoms. The van der Waals surface area contributed by atoms with E-state index in [1.165, 1.54) is 47.2 Å². The summed E-state index contributed by atoms with van der Waals surface area (Å²) in [5.74, 6) is -1.34. The number of carbonyl (C=O) groups excluding carboxylic acids is 3. The van der Waals surface area contributed by atoms with Crippen LogP contribution in [0.3, 0.4) is 0 Å². The Bertz CT molecular complexity index is 1520. The zero-order chi connectivity index (χ0) is 26.1. The number of anilines is 1. The predicted molar refractivity (Wildman–Crippen MR) is 131 cm³/mol. The molecule has 1 aliphatic rings. The molecule has 3 N–H and O–H groups in total. The fraction of sp³-hybridized carbons (Fsp3) is 0.200. The maximum absolute atomic E-state index is 15.0. The molecular weight excluding hydrogens is 481 g/mol. The molecule has 1 fully saturated rings. The van der Waals surface area contributed by atoms with Gasteiger partial charge >= 0.3 is 6.09 Å². The van der Waals surface area contributed by atoms with E-state index in [9.17, 15) is 14.4 Å². The number of Topliss-reactive ketones (excluding diaryl/α,β-unsaturated/α-hetero) is 1. The smallest absolute Gasteiger partial charge is 0.414 e. The van der Waals surface area contributed by atoms with Crippen molar-refractivity contribution in [2.24, 2.45) is 5.73 Å². The van der Waals surface area contributed by atoms with Gasteiger partial charge in [0.1, 0.15) is 23.7 Å². The summed E-state index contributed by atoms with van der Waals surface area (Å²) in [6.07, 6.45) is 3.00. The van der Waals surface area contributed by atoms with Crippen LogP contribution in [0.1, 0.15) is 29.1 Å². The van der Waals surface area contributed by atoms with Gasteiger partial charge in [-0.1, -0.05) is 12.1 Å². The first-order chi connectivity index (χ1) is 17.8. The molecular formula is C25H22FN7O4. The largest absolute Gasteiger partial charge is 0.442 e. The quantitative estimate of drug-likeness (QED) is 0.366. The number of aromatic nitrogens is 4. The molecule has 1 aliphatic heterocycles. The van der Waals surface area contributed by atoms with E-state index < -0.39 is 29.8 Å². The molecule has 2 atom stereocenters. The molecule has 5 rings (SSSR count). The number of fused-ring (bicyclic) bond motifs is 1. The van der Waals surface area contributed by atoms with Gasteiger partial charge in [0.05, 0.1) is 53.7 Å². The van der Waals surface area contributed by atoms with Crippen LogP contribution in [-0.4, -0.2) is 56.5 Å². The lowest BCUT2D eigenvalue weighted by molar-refractivity contribution is -0.119. The molecule has 3 heterocycles. The Morgan fingerprint density at radius 3 is 2.76 bits per heavy atom. The van der Waals surface area contributed by atoms with E-state index >= 15 is 4.39 Å². The lowest BCUT2D eigenvalue weighted by atomic mass is 10.1. The Hall–Kier alpha value is -4.71. The number of hydrogen-bond acceptors (Lipinski definition) is 8. The first-order valence-electron chi connectivity index (χ1n) is 11.4. The molecule has 2 aromatic carbocycles. The van der Waals surface area contributed by atoms with Gasteiger partial charge in [0.25, 0.3) is 0 Å². The van der Waals surface area contributed by atoms with Crippen molar-refractivity contribution in [3.63, 3.8) is 0 Å². The summed E-state index contributed by atoms with van der Waals surface area (Å²) >= 11 is 0. The summed E-state index contributed by atoms with van der Waals surface area (Å²) in [7, 11) is 0. The van der Waals surface area contributed by atoms with Crippen LogP contribution in [-0.2, 0) is 9.53 Å². The summed E-state index contributed by atoms with van der Waals surface area (Å²) < 4.78 is 21.7. The van der Waals surface area contributed by atoms with Crippen LogP contribution in [0, 0.1) is 5.82 Å². The van der Waals surface area contributed by atoms with Gasteiger partial charge in [-0.2, -0.15) is 0 Å². The second kappa shape index (κ2) is 9.74. The van der Waals surface area contributed by atoms with Gasteiger partial charge in [-0.3, -0.25) is 19.5 Å². The molecule has 0 radical (unpaired) electrons. The summed E-state index contributed by atoms with van der Waals surface area (Å²) in [6.45, 7) is 1.70. The Balaban J connectivity index is 1.31. The van der Waals surface area contributed by atoms with Crippen LogP contribution in [0.5, 0.6) is 0 Å². The van der Waals surface area contributed by atoms with E-state index in [2.05, 4.69) is 20.3 Å². The van der Waals surface area contributed by atoms with Crippen LogP contribution >= 0.6 is 0 Å². The highest BCUT2D eigenvalue weighted by molar-refractivity contribution is 5.99. The Kier molecular flexibility index (Phi) is 6.32. The van der Waals surface area contributed by atoms with Crippen molar-refractivity contribution in [1.29, 1.82) is 0 Å². The van der Waals surface area contributed by atoms with Crippen molar-refractivity contribution in [3.05, 3.63) is 78.4 Å². The molecule has 2 amide bonds. The number of hydrogen-bond donors (Lipinski definition) is 2. The number of benzene rings is 2. The van der Waals surface area contributed by atoms with Crippen LogP contribution in [0.4, 0.5) is 14.9 Å². The number of carbonyl (C=O) groups is 3. The molecule has 4 aromatic rings. The molecule has 37 heavy (non-hydrogen) atoms.